The van der Waals surface area contributed by atoms with Crippen LogP contribution in [0.2, 0.25) is 0 Å². The molecule has 20 heavy (non-hydrogen) atoms. The lowest BCUT2D eigenvalue weighted by atomic mass is 10.2. The molecular formula is C14H13N5O. The Balaban J connectivity index is 2.21. The third kappa shape index (κ3) is 1.91. The number of nitrogens with zero attached hydrogens (tertiary/aromatic N) is 4. The van der Waals surface area contributed by atoms with Crippen LogP contribution in [0.1, 0.15) is 17.3 Å². The molecule has 0 radical (unpaired) electrons. The fraction of sp³-hybridized carbons (Fsp3) is 0.143. The first-order valence-corrected chi connectivity index (χ1v) is 6.10. The van der Waals surface area contributed by atoms with Crippen LogP contribution < -0.4 is 5.73 Å². The molecule has 0 aliphatic carbocycles. The molecule has 0 atom stereocenters. The van der Waals surface area contributed by atoms with Crippen molar-refractivity contribution < 1.29 is 4.79 Å². The Morgan fingerprint density at radius 1 is 1.30 bits per heavy atom. The Morgan fingerprint density at radius 2 is 2.10 bits per heavy atom. The molecule has 100 valence electrons. The van der Waals surface area contributed by atoms with E-state index in [0.717, 1.165) is 10.9 Å². The lowest BCUT2D eigenvalue weighted by molar-refractivity contribution is 0.101. The summed E-state index contributed by atoms with van der Waals surface area (Å²) in [5.41, 5.74) is 8.36. The van der Waals surface area contributed by atoms with E-state index in [2.05, 4.69) is 15.0 Å². The number of fused-ring (bicyclic) bond motifs is 1. The molecule has 0 amide bonds. The Labute approximate surface area is 115 Å². The number of Topliss-reactive ketones (excluding diaryl/α,β-unsaturated/α-hetero) is 1. The third-order valence-electron chi connectivity index (χ3n) is 3.11. The van der Waals surface area contributed by atoms with Crippen LogP contribution in [0.4, 0.5) is 5.69 Å². The summed E-state index contributed by atoms with van der Waals surface area (Å²) >= 11 is 0. The van der Waals surface area contributed by atoms with Crippen LogP contribution in [0.15, 0.2) is 30.9 Å². The molecule has 3 heterocycles. The average Bonchev–Trinajstić information content (AvgIpc) is 2.76. The maximum Gasteiger partial charge on any atom is 0.163 e. The maximum absolute atomic E-state index is 11.6. The van der Waals surface area contributed by atoms with Gasteiger partial charge >= 0.3 is 0 Å². The number of nitrogens with two attached hydrogens (primary N) is 1. The predicted octanol–water partition coefficient (Wildman–Crippen LogP) is 1.82. The van der Waals surface area contributed by atoms with Gasteiger partial charge in [0.15, 0.2) is 11.6 Å². The van der Waals surface area contributed by atoms with Gasteiger partial charge in [0.05, 0.1) is 5.69 Å². The normalized spacial score (nSPS) is 10.9. The second-order valence-corrected chi connectivity index (χ2v) is 4.65. The SMILES string of the molecule is CC(=O)c1cn(C)c2nc(-c3cncc(N)c3)ncc12. The molecule has 0 unspecified atom stereocenters. The quantitative estimate of drug-likeness (QED) is 0.715. The molecule has 0 spiro atoms. The molecule has 0 fully saturated rings. The Morgan fingerprint density at radius 3 is 2.80 bits per heavy atom. The van der Waals surface area contributed by atoms with Crippen LogP contribution in [-0.4, -0.2) is 25.3 Å². The molecule has 3 aromatic rings. The lowest BCUT2D eigenvalue weighted by Gasteiger charge is -2.02. The van der Waals surface area contributed by atoms with Crippen LogP contribution >= 0.6 is 0 Å². The van der Waals surface area contributed by atoms with Crippen molar-refractivity contribution in [1.82, 2.24) is 19.5 Å². The number of ketones is 1. The summed E-state index contributed by atoms with van der Waals surface area (Å²) in [6, 6.07) is 1.77. The summed E-state index contributed by atoms with van der Waals surface area (Å²) < 4.78 is 1.82. The first-order valence-electron chi connectivity index (χ1n) is 6.10. The van der Waals surface area contributed by atoms with Crippen LogP contribution in [-0.2, 0) is 7.05 Å². The summed E-state index contributed by atoms with van der Waals surface area (Å²) in [5.74, 6) is 0.533. The van der Waals surface area contributed by atoms with E-state index in [0.29, 0.717) is 22.7 Å². The monoisotopic (exact) mass is 267 g/mol. The van der Waals surface area contributed by atoms with Gasteiger partial charge in [-0.05, 0) is 13.0 Å². The fourth-order valence-electron chi connectivity index (χ4n) is 2.16. The topological polar surface area (TPSA) is 86.7 Å². The largest absolute Gasteiger partial charge is 0.397 e. The zero-order valence-corrected chi connectivity index (χ0v) is 11.2. The van der Waals surface area contributed by atoms with Crippen molar-refractivity contribution >= 4 is 22.5 Å². The first-order chi connectivity index (χ1) is 9.56. The minimum atomic E-state index is -0.00225. The average molecular weight is 267 g/mol. The predicted molar refractivity (Wildman–Crippen MR) is 76.2 cm³/mol. The van der Waals surface area contributed by atoms with Gasteiger partial charge in [-0.3, -0.25) is 9.78 Å². The van der Waals surface area contributed by atoms with E-state index in [1.807, 2.05) is 11.6 Å². The minimum Gasteiger partial charge on any atom is -0.397 e. The van der Waals surface area contributed by atoms with Crippen molar-refractivity contribution in [3.8, 4) is 11.4 Å². The van der Waals surface area contributed by atoms with E-state index in [4.69, 9.17) is 5.73 Å². The number of carbonyl (C=O) groups is 1. The van der Waals surface area contributed by atoms with Gasteiger partial charge < -0.3 is 10.3 Å². The van der Waals surface area contributed by atoms with E-state index in [1.165, 1.54) is 6.92 Å². The third-order valence-corrected chi connectivity index (χ3v) is 3.11. The summed E-state index contributed by atoms with van der Waals surface area (Å²) in [6.45, 7) is 1.53. The second kappa shape index (κ2) is 4.41. The molecule has 6 heteroatoms. The van der Waals surface area contributed by atoms with Crippen LogP contribution in [0.3, 0.4) is 0 Å². The van der Waals surface area contributed by atoms with E-state index in [1.54, 1.807) is 30.9 Å². The van der Waals surface area contributed by atoms with E-state index in [9.17, 15) is 4.79 Å². The number of aromatic nitrogens is 4. The van der Waals surface area contributed by atoms with E-state index < -0.39 is 0 Å². The number of pyridine rings is 1. The van der Waals surface area contributed by atoms with Gasteiger partial charge in [-0.2, -0.15) is 0 Å². The number of hydrogen-bond donors (Lipinski definition) is 1. The number of carbonyl (C=O) groups excluding carboxylic acids is 1. The van der Waals surface area contributed by atoms with E-state index >= 15 is 0 Å². The summed E-state index contributed by atoms with van der Waals surface area (Å²) in [5, 5.41) is 0.751. The van der Waals surface area contributed by atoms with Gasteiger partial charge in [0.2, 0.25) is 0 Å². The van der Waals surface area contributed by atoms with Crippen molar-refractivity contribution in [2.45, 2.75) is 6.92 Å². The van der Waals surface area contributed by atoms with Crippen molar-refractivity contribution in [2.75, 3.05) is 5.73 Å². The Hall–Kier alpha value is -2.76. The highest BCUT2D eigenvalue weighted by atomic mass is 16.1. The van der Waals surface area contributed by atoms with Crippen LogP contribution in [0.5, 0.6) is 0 Å². The molecule has 0 bridgehead atoms. The molecule has 3 rings (SSSR count). The molecule has 6 nitrogen and oxygen atoms in total. The highest BCUT2D eigenvalue weighted by Gasteiger charge is 2.13. The molecule has 0 aliphatic heterocycles. The zero-order chi connectivity index (χ0) is 14.3. The second-order valence-electron chi connectivity index (χ2n) is 4.65. The van der Waals surface area contributed by atoms with Crippen molar-refractivity contribution in [1.29, 1.82) is 0 Å². The summed E-state index contributed by atoms with van der Waals surface area (Å²) in [6.07, 6.45) is 6.66. The number of anilines is 1. The molecule has 2 N–H and O–H groups in total. The smallest absolute Gasteiger partial charge is 0.163 e. The minimum absolute atomic E-state index is 0.00225. The highest BCUT2D eigenvalue weighted by Crippen LogP contribution is 2.22. The lowest BCUT2D eigenvalue weighted by Crippen LogP contribution is -1.95. The number of aryl methyl sites for hydroxylation is 1. The fourth-order valence-corrected chi connectivity index (χ4v) is 2.16. The van der Waals surface area contributed by atoms with Gasteiger partial charge in [0, 0.05) is 48.3 Å². The standard InChI is InChI=1S/C14H13N5O/c1-8(20)12-7-19(2)14-11(12)6-17-13(18-14)9-3-10(15)5-16-4-9/h3-7H,15H2,1-2H3. The zero-order valence-electron chi connectivity index (χ0n) is 11.2. The van der Waals surface area contributed by atoms with Gasteiger partial charge in [-0.1, -0.05) is 0 Å². The van der Waals surface area contributed by atoms with E-state index in [-0.39, 0.29) is 5.78 Å². The first kappa shape index (κ1) is 12.3. The molecule has 0 saturated carbocycles. The van der Waals surface area contributed by atoms with Crippen molar-refractivity contribution in [3.63, 3.8) is 0 Å². The Kier molecular flexibility index (Phi) is 2.71. The van der Waals surface area contributed by atoms with Gasteiger partial charge in [-0.25, -0.2) is 9.97 Å². The number of hydrogen-bond acceptors (Lipinski definition) is 5. The Bertz CT molecular complexity index is 822. The summed E-state index contributed by atoms with van der Waals surface area (Å²) in [4.78, 5) is 24.4. The van der Waals surface area contributed by atoms with Crippen LogP contribution in [0, 0.1) is 0 Å². The summed E-state index contributed by atoms with van der Waals surface area (Å²) in [7, 11) is 1.85. The highest BCUT2D eigenvalue weighted by molar-refractivity contribution is 6.06. The maximum atomic E-state index is 11.6. The van der Waals surface area contributed by atoms with Gasteiger partial charge in [0.25, 0.3) is 0 Å². The van der Waals surface area contributed by atoms with Crippen molar-refractivity contribution in [2.24, 2.45) is 7.05 Å². The molecular weight excluding hydrogens is 254 g/mol. The molecule has 0 aromatic carbocycles. The number of nitrogen functional groups attached to an aromatic ring is 1. The number of rotatable bonds is 2. The molecule has 0 saturated heterocycles. The van der Waals surface area contributed by atoms with Gasteiger partial charge in [0.1, 0.15) is 5.65 Å². The van der Waals surface area contributed by atoms with Gasteiger partial charge in [-0.15, -0.1) is 0 Å². The van der Waals surface area contributed by atoms with Crippen molar-refractivity contribution in [3.05, 3.63) is 36.4 Å². The molecule has 3 aromatic heterocycles. The van der Waals surface area contributed by atoms with Crippen LogP contribution in [0.25, 0.3) is 22.4 Å². The molecule has 0 aliphatic rings.